The van der Waals surface area contributed by atoms with E-state index in [1.54, 1.807) is 32.4 Å². The van der Waals surface area contributed by atoms with Gasteiger partial charge < -0.3 is 14.8 Å². The zero-order valence-corrected chi connectivity index (χ0v) is 15.2. The summed E-state index contributed by atoms with van der Waals surface area (Å²) in [4.78, 5) is 12.4. The van der Waals surface area contributed by atoms with Crippen LogP contribution in [0.1, 0.15) is 22.8 Å². The normalized spacial score (nSPS) is 11.7. The minimum atomic E-state index is -0.262. The first kappa shape index (κ1) is 18.4. The third kappa shape index (κ3) is 4.56. The Kier molecular flexibility index (Phi) is 6.35. The molecule has 1 atom stereocenters. The molecule has 0 fully saturated rings. The Bertz CT molecular complexity index is 734. The van der Waals surface area contributed by atoms with E-state index in [2.05, 4.69) is 5.32 Å². The quantitative estimate of drug-likeness (QED) is 0.824. The minimum absolute atomic E-state index is 0.116. The molecule has 2 aromatic rings. The highest BCUT2D eigenvalue weighted by atomic mass is 35.5. The molecule has 0 saturated carbocycles. The van der Waals surface area contributed by atoms with Crippen molar-refractivity contribution >= 4 is 29.1 Å². The number of carbonyl (C=O) groups excluding carboxylic acids is 1. The molecule has 0 saturated heterocycles. The highest BCUT2D eigenvalue weighted by Gasteiger charge is 2.15. The molecule has 24 heavy (non-hydrogen) atoms. The molecule has 0 unspecified atom stereocenters. The van der Waals surface area contributed by atoms with Gasteiger partial charge in [0, 0.05) is 17.1 Å². The third-order valence-electron chi connectivity index (χ3n) is 3.57. The van der Waals surface area contributed by atoms with Gasteiger partial charge in [0.1, 0.15) is 11.5 Å². The van der Waals surface area contributed by atoms with Gasteiger partial charge in [-0.15, -0.1) is 0 Å². The largest absolute Gasteiger partial charge is 0.497 e. The molecule has 0 aromatic heterocycles. The third-order valence-corrected chi connectivity index (χ3v) is 4.14. The molecule has 0 bridgehead atoms. The summed E-state index contributed by atoms with van der Waals surface area (Å²) in [5, 5.41) is 3.76. The molecule has 0 aliphatic rings. The Morgan fingerprint density at radius 1 is 1.12 bits per heavy atom. The van der Waals surface area contributed by atoms with Gasteiger partial charge in [0.2, 0.25) is 0 Å². The number of halogens is 2. The van der Waals surface area contributed by atoms with E-state index in [4.69, 9.17) is 32.7 Å². The molecule has 128 valence electrons. The maximum absolute atomic E-state index is 12.4. The molecule has 1 amide bonds. The molecular formula is C18H19Cl2NO3. The summed E-state index contributed by atoms with van der Waals surface area (Å²) in [5.41, 5.74) is 1.33. The highest BCUT2D eigenvalue weighted by molar-refractivity contribution is 6.35. The van der Waals surface area contributed by atoms with Crippen molar-refractivity contribution < 1.29 is 14.3 Å². The average Bonchev–Trinajstić information content (AvgIpc) is 2.57. The minimum Gasteiger partial charge on any atom is -0.497 e. The molecule has 4 nitrogen and oxygen atoms in total. The topological polar surface area (TPSA) is 47.6 Å². The van der Waals surface area contributed by atoms with E-state index in [1.807, 2.05) is 25.1 Å². The zero-order chi connectivity index (χ0) is 17.7. The number of hydrogen-bond donors (Lipinski definition) is 1. The van der Waals surface area contributed by atoms with Crippen molar-refractivity contribution in [2.45, 2.75) is 19.4 Å². The van der Waals surface area contributed by atoms with Crippen LogP contribution in [0.4, 0.5) is 0 Å². The molecule has 0 aliphatic heterocycles. The predicted molar refractivity (Wildman–Crippen MR) is 96.6 cm³/mol. The van der Waals surface area contributed by atoms with Crippen LogP contribution < -0.4 is 14.8 Å². The molecule has 2 aromatic carbocycles. The molecule has 0 aliphatic carbocycles. The van der Waals surface area contributed by atoms with Crippen LogP contribution in [-0.2, 0) is 6.42 Å². The lowest BCUT2D eigenvalue weighted by Crippen LogP contribution is -2.34. The number of carbonyl (C=O) groups is 1. The van der Waals surface area contributed by atoms with Crippen LogP contribution in [0.2, 0.25) is 10.0 Å². The first-order chi connectivity index (χ1) is 11.4. The number of methoxy groups -OCH3 is 2. The number of benzene rings is 2. The van der Waals surface area contributed by atoms with Crippen molar-refractivity contribution in [1.82, 2.24) is 5.32 Å². The molecule has 0 heterocycles. The van der Waals surface area contributed by atoms with E-state index in [0.717, 1.165) is 17.1 Å². The summed E-state index contributed by atoms with van der Waals surface area (Å²) in [6, 6.07) is 10.3. The maximum atomic E-state index is 12.4. The molecule has 2 rings (SSSR count). The van der Waals surface area contributed by atoms with E-state index in [1.165, 1.54) is 0 Å². The van der Waals surface area contributed by atoms with E-state index >= 15 is 0 Å². The number of hydrogen-bond acceptors (Lipinski definition) is 3. The van der Waals surface area contributed by atoms with Gasteiger partial charge >= 0.3 is 0 Å². The van der Waals surface area contributed by atoms with E-state index in [9.17, 15) is 4.79 Å². The Morgan fingerprint density at radius 3 is 2.54 bits per heavy atom. The molecule has 0 radical (unpaired) electrons. The first-order valence-corrected chi connectivity index (χ1v) is 8.17. The number of ether oxygens (including phenoxy) is 2. The number of nitrogens with one attached hydrogen (secondary N) is 1. The van der Waals surface area contributed by atoms with Gasteiger partial charge in [0.05, 0.1) is 24.8 Å². The van der Waals surface area contributed by atoms with E-state index < -0.39 is 0 Å². The van der Waals surface area contributed by atoms with E-state index in [-0.39, 0.29) is 11.9 Å². The smallest absolute Gasteiger partial charge is 0.253 e. The predicted octanol–water partition coefficient (Wildman–Crippen LogP) is 4.37. The molecule has 6 heteroatoms. The lowest BCUT2D eigenvalue weighted by molar-refractivity contribution is 0.0940. The molecule has 1 N–H and O–H groups in total. The Balaban J connectivity index is 2.09. The standard InChI is InChI=1S/C18H19Cl2NO3/c1-11(8-12-4-6-14(23-2)10-17(12)24-3)21-18(22)15-9-13(19)5-7-16(15)20/h4-7,9-11H,8H2,1-3H3,(H,21,22)/t11-/m1/s1. The summed E-state index contributed by atoms with van der Waals surface area (Å²) in [5.74, 6) is 1.18. The maximum Gasteiger partial charge on any atom is 0.253 e. The number of amides is 1. The van der Waals surface area contributed by atoms with Crippen LogP contribution in [0.5, 0.6) is 11.5 Å². The lowest BCUT2D eigenvalue weighted by atomic mass is 10.0. The molecule has 0 spiro atoms. The highest BCUT2D eigenvalue weighted by Crippen LogP contribution is 2.26. The van der Waals surface area contributed by atoms with Crippen LogP contribution in [0, 0.1) is 0 Å². The summed E-state index contributed by atoms with van der Waals surface area (Å²) in [6.07, 6.45) is 0.608. The second-order valence-corrected chi connectivity index (χ2v) is 6.22. The summed E-state index contributed by atoms with van der Waals surface area (Å²) < 4.78 is 10.6. The second kappa shape index (κ2) is 8.27. The van der Waals surface area contributed by atoms with Gasteiger partial charge in [0.25, 0.3) is 5.91 Å². The fourth-order valence-electron chi connectivity index (χ4n) is 2.37. The van der Waals surface area contributed by atoms with Crippen LogP contribution in [-0.4, -0.2) is 26.2 Å². The van der Waals surface area contributed by atoms with Gasteiger partial charge in [-0.1, -0.05) is 29.3 Å². The Morgan fingerprint density at radius 2 is 1.88 bits per heavy atom. The van der Waals surface area contributed by atoms with Crippen molar-refractivity contribution in [1.29, 1.82) is 0 Å². The lowest BCUT2D eigenvalue weighted by Gasteiger charge is -2.17. The van der Waals surface area contributed by atoms with Gasteiger partial charge in [-0.25, -0.2) is 0 Å². The summed E-state index contributed by atoms with van der Waals surface area (Å²) in [7, 11) is 3.21. The van der Waals surface area contributed by atoms with Crippen LogP contribution in [0.15, 0.2) is 36.4 Å². The second-order valence-electron chi connectivity index (χ2n) is 5.38. The van der Waals surface area contributed by atoms with Gasteiger partial charge in [-0.3, -0.25) is 4.79 Å². The summed E-state index contributed by atoms with van der Waals surface area (Å²) in [6.45, 7) is 1.92. The summed E-state index contributed by atoms with van der Waals surface area (Å²) >= 11 is 12.0. The van der Waals surface area contributed by atoms with Crippen molar-refractivity contribution in [2.24, 2.45) is 0 Å². The Labute approximate surface area is 151 Å². The SMILES string of the molecule is COc1ccc(C[C@@H](C)NC(=O)c2cc(Cl)ccc2Cl)c(OC)c1. The fourth-order valence-corrected chi connectivity index (χ4v) is 2.75. The van der Waals surface area contributed by atoms with Crippen LogP contribution in [0.3, 0.4) is 0 Å². The van der Waals surface area contributed by atoms with Crippen molar-refractivity contribution in [3.05, 3.63) is 57.6 Å². The van der Waals surface area contributed by atoms with Gasteiger partial charge in [-0.2, -0.15) is 0 Å². The zero-order valence-electron chi connectivity index (χ0n) is 13.7. The average molecular weight is 368 g/mol. The first-order valence-electron chi connectivity index (χ1n) is 7.41. The van der Waals surface area contributed by atoms with Crippen molar-refractivity contribution in [2.75, 3.05) is 14.2 Å². The number of rotatable bonds is 6. The van der Waals surface area contributed by atoms with Gasteiger partial charge in [0.15, 0.2) is 0 Å². The van der Waals surface area contributed by atoms with Crippen LogP contribution in [0.25, 0.3) is 0 Å². The monoisotopic (exact) mass is 367 g/mol. The van der Waals surface area contributed by atoms with E-state index in [0.29, 0.717) is 22.0 Å². The Hall–Kier alpha value is -1.91. The van der Waals surface area contributed by atoms with Gasteiger partial charge in [-0.05, 0) is 43.2 Å². The van der Waals surface area contributed by atoms with Crippen molar-refractivity contribution in [3.8, 4) is 11.5 Å². The molecular weight excluding hydrogens is 349 g/mol. The van der Waals surface area contributed by atoms with Crippen LogP contribution >= 0.6 is 23.2 Å². The van der Waals surface area contributed by atoms with Crippen molar-refractivity contribution in [3.63, 3.8) is 0 Å². The fraction of sp³-hybridized carbons (Fsp3) is 0.278.